The third kappa shape index (κ3) is 5.09. The molecule has 0 radical (unpaired) electrons. The molecule has 0 amide bonds. The molecule has 2 aromatic rings. The number of aromatic nitrogens is 3. The molecule has 0 bridgehead atoms. The topological polar surface area (TPSA) is 105 Å². The fourth-order valence-electron chi connectivity index (χ4n) is 2.87. The molecule has 0 aliphatic carbocycles. The van der Waals surface area contributed by atoms with Gasteiger partial charge in [0.25, 0.3) is 0 Å². The molecule has 0 spiro atoms. The summed E-state index contributed by atoms with van der Waals surface area (Å²) in [5.74, 6) is 1.27. The maximum absolute atomic E-state index is 12.7. The van der Waals surface area contributed by atoms with E-state index in [-0.39, 0.29) is 36.3 Å². The number of fused-ring (bicyclic) bond motifs is 1. The van der Waals surface area contributed by atoms with Gasteiger partial charge < -0.3 is 10.6 Å². The Morgan fingerprint density at radius 3 is 2.78 bits per heavy atom. The second-order valence-electron chi connectivity index (χ2n) is 5.92. The van der Waals surface area contributed by atoms with Gasteiger partial charge in [-0.25, -0.2) is 13.4 Å². The Balaban J connectivity index is 0.00000261. The van der Waals surface area contributed by atoms with Crippen molar-refractivity contribution in [2.45, 2.75) is 13.0 Å². The Hall–Kier alpha value is -1.89. The molecule has 2 N–H and O–H groups in total. The summed E-state index contributed by atoms with van der Waals surface area (Å²) in [6.45, 7) is 1.21. The predicted molar refractivity (Wildman–Crippen MR) is 116 cm³/mol. The number of para-hydroxylation sites is 1. The zero-order valence-electron chi connectivity index (χ0n) is 15.3. The van der Waals surface area contributed by atoms with Crippen LogP contribution in [0.2, 0.25) is 0 Å². The number of nitrogens with zero attached hydrogens (tertiary/aromatic N) is 5. The number of aryl methyl sites for hydroxylation is 1. The first kappa shape index (κ1) is 21.4. The summed E-state index contributed by atoms with van der Waals surface area (Å²) in [5.41, 5.74) is 1.86. The van der Waals surface area contributed by atoms with Gasteiger partial charge in [-0.3, -0.25) is 14.0 Å². The second-order valence-corrected chi connectivity index (χ2v) is 7.93. The van der Waals surface area contributed by atoms with Crippen LogP contribution in [0, 0.1) is 0 Å². The van der Waals surface area contributed by atoms with Crippen molar-refractivity contribution >= 4 is 45.6 Å². The van der Waals surface area contributed by atoms with Gasteiger partial charge in [-0.15, -0.1) is 24.0 Å². The Bertz CT molecular complexity index is 898. The maximum atomic E-state index is 12.7. The van der Waals surface area contributed by atoms with Crippen LogP contribution in [-0.2, 0) is 30.0 Å². The Kier molecular flexibility index (Phi) is 7.41. The van der Waals surface area contributed by atoms with Gasteiger partial charge in [-0.05, 0) is 18.1 Å². The smallest absolute Gasteiger partial charge is 0.236 e. The lowest BCUT2D eigenvalue weighted by molar-refractivity contribution is 0.590. The summed E-state index contributed by atoms with van der Waals surface area (Å²) < 4.78 is 28.5. The van der Waals surface area contributed by atoms with Crippen molar-refractivity contribution < 1.29 is 8.42 Å². The fourth-order valence-corrected chi connectivity index (χ4v) is 4.30. The van der Waals surface area contributed by atoms with Gasteiger partial charge >= 0.3 is 0 Å². The number of benzene rings is 1. The van der Waals surface area contributed by atoms with Crippen molar-refractivity contribution in [3.8, 4) is 0 Å². The summed E-state index contributed by atoms with van der Waals surface area (Å²) in [5, 5.41) is 10.1. The third-order valence-corrected chi connectivity index (χ3v) is 6.05. The van der Waals surface area contributed by atoms with Gasteiger partial charge in [0.15, 0.2) is 5.96 Å². The number of guanidine groups is 1. The summed E-state index contributed by atoms with van der Waals surface area (Å²) in [6, 6.07) is 7.63. The molecule has 3 rings (SSSR count). The van der Waals surface area contributed by atoms with Crippen molar-refractivity contribution in [1.82, 2.24) is 25.4 Å². The normalized spacial score (nSPS) is 13.9. The van der Waals surface area contributed by atoms with Crippen LogP contribution in [0.1, 0.15) is 11.4 Å². The van der Waals surface area contributed by atoms with Crippen LogP contribution in [-0.4, -0.2) is 55.0 Å². The van der Waals surface area contributed by atoms with Crippen LogP contribution >= 0.6 is 24.0 Å². The summed E-state index contributed by atoms with van der Waals surface area (Å²) in [7, 11) is 0.0618. The second kappa shape index (κ2) is 9.35. The highest BCUT2D eigenvalue weighted by Crippen LogP contribution is 2.29. The van der Waals surface area contributed by atoms with E-state index in [1.165, 1.54) is 10.6 Å². The molecule has 0 saturated carbocycles. The van der Waals surface area contributed by atoms with Gasteiger partial charge in [0, 0.05) is 27.2 Å². The molecule has 2 heterocycles. The summed E-state index contributed by atoms with van der Waals surface area (Å²) in [4.78, 5) is 8.22. The molecule has 0 unspecified atom stereocenters. The molecule has 1 aliphatic heterocycles. The van der Waals surface area contributed by atoms with Crippen molar-refractivity contribution in [2.24, 2.45) is 12.0 Å². The maximum Gasteiger partial charge on any atom is 0.236 e. The number of sulfonamides is 1. The van der Waals surface area contributed by atoms with Crippen LogP contribution in [0.5, 0.6) is 0 Å². The Morgan fingerprint density at radius 2 is 2.07 bits per heavy atom. The van der Waals surface area contributed by atoms with E-state index in [2.05, 4.69) is 25.7 Å². The van der Waals surface area contributed by atoms with Gasteiger partial charge in [0.05, 0.1) is 18.0 Å². The third-order valence-electron chi connectivity index (χ3n) is 4.28. The number of hydrogen-bond donors (Lipinski definition) is 2. The number of halogens is 1. The summed E-state index contributed by atoms with van der Waals surface area (Å²) in [6.07, 6.45) is 2.23. The first-order valence-electron chi connectivity index (χ1n) is 8.37. The van der Waals surface area contributed by atoms with Gasteiger partial charge in [0.2, 0.25) is 10.0 Å². The molecule has 1 aliphatic rings. The zero-order valence-corrected chi connectivity index (χ0v) is 18.4. The highest BCUT2D eigenvalue weighted by molar-refractivity contribution is 14.0. The van der Waals surface area contributed by atoms with Crippen LogP contribution in [0.3, 0.4) is 0 Å². The largest absolute Gasteiger partial charge is 0.355 e. The van der Waals surface area contributed by atoms with Gasteiger partial charge in [-0.1, -0.05) is 18.2 Å². The highest BCUT2D eigenvalue weighted by Gasteiger charge is 2.28. The SMILES string of the molecule is CN=C(NCCS(=O)(=O)N1CCc2ccccc21)NCc1ncnn1C.I. The average molecular weight is 505 g/mol. The van der Waals surface area contributed by atoms with E-state index >= 15 is 0 Å². The predicted octanol–water partition coefficient (Wildman–Crippen LogP) is 0.491. The minimum absolute atomic E-state index is 0. The molecule has 9 nitrogen and oxygen atoms in total. The lowest BCUT2D eigenvalue weighted by Gasteiger charge is -2.20. The van der Waals surface area contributed by atoms with Crippen LogP contribution in [0.25, 0.3) is 0 Å². The Morgan fingerprint density at radius 1 is 1.30 bits per heavy atom. The van der Waals surface area contributed by atoms with Crippen molar-refractivity contribution in [3.63, 3.8) is 0 Å². The van der Waals surface area contributed by atoms with Crippen LogP contribution < -0.4 is 14.9 Å². The van der Waals surface area contributed by atoms with E-state index in [4.69, 9.17) is 0 Å². The average Bonchev–Trinajstić information content (AvgIpc) is 3.24. The molecule has 1 aromatic carbocycles. The molecule has 1 aromatic heterocycles. The summed E-state index contributed by atoms with van der Waals surface area (Å²) >= 11 is 0. The van der Waals surface area contributed by atoms with E-state index in [1.54, 1.807) is 18.8 Å². The standard InChI is InChI=1S/C16H23N7O2S.HI/c1-17-16(19-11-15-20-12-21-22(15)2)18-8-10-26(24,25)23-9-7-13-5-3-4-6-14(13)23;/h3-6,12H,7-11H2,1-2H3,(H2,17,18,19);1H. The monoisotopic (exact) mass is 505 g/mol. The number of anilines is 1. The first-order valence-corrected chi connectivity index (χ1v) is 9.98. The minimum atomic E-state index is -3.38. The van der Waals surface area contributed by atoms with Crippen molar-refractivity contribution in [2.75, 3.05) is 30.2 Å². The highest BCUT2D eigenvalue weighted by atomic mass is 127. The fraction of sp³-hybridized carbons (Fsp3) is 0.438. The molecular weight excluding hydrogens is 481 g/mol. The molecule has 0 fully saturated rings. The van der Waals surface area contributed by atoms with E-state index in [1.807, 2.05) is 24.3 Å². The molecular formula is C16H24IN7O2S. The zero-order chi connectivity index (χ0) is 18.6. The van der Waals surface area contributed by atoms with E-state index in [0.717, 1.165) is 23.5 Å². The lowest BCUT2D eigenvalue weighted by Crippen LogP contribution is -2.42. The van der Waals surface area contributed by atoms with Gasteiger partial charge in [-0.2, -0.15) is 5.10 Å². The Labute approximate surface area is 176 Å². The number of aliphatic imine (C=N–C) groups is 1. The van der Waals surface area contributed by atoms with Crippen molar-refractivity contribution in [3.05, 3.63) is 42.0 Å². The molecule has 0 atom stereocenters. The number of rotatable bonds is 6. The van der Waals surface area contributed by atoms with Crippen LogP contribution in [0.4, 0.5) is 5.69 Å². The quantitative estimate of drug-likeness (QED) is 0.337. The van der Waals surface area contributed by atoms with Crippen LogP contribution in [0.15, 0.2) is 35.6 Å². The van der Waals surface area contributed by atoms with Gasteiger partial charge in [0.1, 0.15) is 12.2 Å². The number of nitrogens with one attached hydrogen (secondary N) is 2. The lowest BCUT2D eigenvalue weighted by atomic mass is 10.2. The van der Waals surface area contributed by atoms with E-state index < -0.39 is 10.0 Å². The molecule has 148 valence electrons. The molecule has 27 heavy (non-hydrogen) atoms. The van der Waals surface area contributed by atoms with Crippen molar-refractivity contribution in [1.29, 1.82) is 0 Å². The first-order chi connectivity index (χ1) is 12.5. The van der Waals surface area contributed by atoms with E-state index in [9.17, 15) is 8.42 Å². The molecule has 0 saturated heterocycles. The number of hydrogen-bond acceptors (Lipinski definition) is 5. The van der Waals surface area contributed by atoms with E-state index in [0.29, 0.717) is 19.0 Å². The molecule has 11 heteroatoms. The minimum Gasteiger partial charge on any atom is -0.355 e.